The molecule has 0 saturated heterocycles. The molecular formula is C20H26N4O2. The van der Waals surface area contributed by atoms with Gasteiger partial charge in [-0.15, -0.1) is 0 Å². The van der Waals surface area contributed by atoms with Crippen molar-refractivity contribution in [2.24, 2.45) is 0 Å². The molecule has 2 rings (SSSR count). The summed E-state index contributed by atoms with van der Waals surface area (Å²) in [5.41, 5.74) is 8.40. The van der Waals surface area contributed by atoms with Crippen molar-refractivity contribution in [1.29, 1.82) is 0 Å². The van der Waals surface area contributed by atoms with E-state index in [9.17, 15) is 9.59 Å². The summed E-state index contributed by atoms with van der Waals surface area (Å²) in [6.45, 7) is 3.25. The number of hydrogen-bond donors (Lipinski definition) is 3. The lowest BCUT2D eigenvalue weighted by atomic mass is 10.1. The van der Waals surface area contributed by atoms with E-state index >= 15 is 0 Å². The average molecular weight is 354 g/mol. The molecule has 0 aromatic heterocycles. The number of anilines is 2. The number of urea groups is 1. The van der Waals surface area contributed by atoms with Crippen LogP contribution in [0.1, 0.15) is 35.7 Å². The van der Waals surface area contributed by atoms with Gasteiger partial charge in [-0.05, 0) is 36.2 Å². The van der Waals surface area contributed by atoms with Gasteiger partial charge in [-0.25, -0.2) is 4.79 Å². The van der Waals surface area contributed by atoms with Crippen LogP contribution < -0.4 is 16.4 Å². The van der Waals surface area contributed by atoms with Crippen molar-refractivity contribution in [3.05, 3.63) is 59.7 Å². The molecule has 138 valence electrons. The minimum absolute atomic E-state index is 0.0974. The smallest absolute Gasteiger partial charge is 0.317 e. The number of amides is 3. The van der Waals surface area contributed by atoms with E-state index in [1.807, 2.05) is 24.3 Å². The first kappa shape index (κ1) is 19.3. The maximum atomic E-state index is 12.3. The monoisotopic (exact) mass is 354 g/mol. The first-order valence-corrected chi connectivity index (χ1v) is 8.75. The van der Waals surface area contributed by atoms with Crippen molar-refractivity contribution in [3.63, 3.8) is 0 Å². The van der Waals surface area contributed by atoms with Crippen LogP contribution in [-0.4, -0.2) is 30.4 Å². The van der Waals surface area contributed by atoms with Gasteiger partial charge in [0.2, 0.25) is 0 Å². The second kappa shape index (κ2) is 9.46. The molecule has 0 spiro atoms. The SMILES string of the molecule is CCCCN(C)C(=O)NCc1ccc(C(=O)Nc2ccccc2N)cc1. The van der Waals surface area contributed by atoms with Crippen LogP contribution in [0, 0.1) is 0 Å². The number of benzene rings is 2. The molecule has 0 radical (unpaired) electrons. The van der Waals surface area contributed by atoms with Gasteiger partial charge in [0.05, 0.1) is 11.4 Å². The van der Waals surface area contributed by atoms with Crippen molar-refractivity contribution in [2.75, 3.05) is 24.6 Å². The standard InChI is InChI=1S/C20H26N4O2/c1-3-4-13-24(2)20(26)22-14-15-9-11-16(12-10-15)19(25)23-18-8-6-5-7-17(18)21/h5-12H,3-4,13-14,21H2,1-2H3,(H,22,26)(H,23,25). The lowest BCUT2D eigenvalue weighted by molar-refractivity contribution is 0.102. The molecule has 6 nitrogen and oxygen atoms in total. The molecular weight excluding hydrogens is 328 g/mol. The summed E-state index contributed by atoms with van der Waals surface area (Å²) in [5.74, 6) is -0.224. The molecule has 0 heterocycles. The zero-order valence-electron chi connectivity index (χ0n) is 15.3. The number of carbonyl (C=O) groups excluding carboxylic acids is 2. The zero-order valence-corrected chi connectivity index (χ0v) is 15.3. The van der Waals surface area contributed by atoms with Crippen LogP contribution in [0.3, 0.4) is 0 Å². The van der Waals surface area contributed by atoms with Gasteiger partial charge in [0.15, 0.2) is 0 Å². The predicted molar refractivity (Wildman–Crippen MR) is 105 cm³/mol. The van der Waals surface area contributed by atoms with E-state index in [2.05, 4.69) is 17.6 Å². The maximum absolute atomic E-state index is 12.3. The van der Waals surface area contributed by atoms with Gasteiger partial charge in [-0.1, -0.05) is 37.6 Å². The van der Waals surface area contributed by atoms with Crippen LogP contribution >= 0.6 is 0 Å². The van der Waals surface area contributed by atoms with Gasteiger partial charge in [0.25, 0.3) is 5.91 Å². The van der Waals surface area contributed by atoms with Crippen LogP contribution in [0.5, 0.6) is 0 Å². The highest BCUT2D eigenvalue weighted by Crippen LogP contribution is 2.18. The van der Waals surface area contributed by atoms with E-state index in [0.717, 1.165) is 24.9 Å². The Hall–Kier alpha value is -3.02. The number of carbonyl (C=O) groups is 2. The second-order valence-electron chi connectivity index (χ2n) is 6.17. The quantitative estimate of drug-likeness (QED) is 0.665. The number of hydrogen-bond acceptors (Lipinski definition) is 3. The van der Waals surface area contributed by atoms with Gasteiger partial charge in [0, 0.05) is 25.7 Å². The fourth-order valence-corrected chi connectivity index (χ4v) is 2.39. The molecule has 0 aliphatic carbocycles. The van der Waals surface area contributed by atoms with Gasteiger partial charge in [0.1, 0.15) is 0 Å². The van der Waals surface area contributed by atoms with E-state index in [-0.39, 0.29) is 11.9 Å². The highest BCUT2D eigenvalue weighted by atomic mass is 16.2. The molecule has 0 aliphatic rings. The molecule has 0 saturated carbocycles. The van der Waals surface area contributed by atoms with E-state index < -0.39 is 0 Å². The largest absolute Gasteiger partial charge is 0.397 e. The third-order valence-electron chi connectivity index (χ3n) is 4.06. The maximum Gasteiger partial charge on any atom is 0.317 e. The number of nitrogens with two attached hydrogens (primary N) is 1. The number of nitrogens with zero attached hydrogens (tertiary/aromatic N) is 1. The molecule has 6 heteroatoms. The fourth-order valence-electron chi connectivity index (χ4n) is 2.39. The molecule has 4 N–H and O–H groups in total. The van der Waals surface area contributed by atoms with Gasteiger partial charge in [-0.3, -0.25) is 4.79 Å². The summed E-state index contributed by atoms with van der Waals surface area (Å²) >= 11 is 0. The fraction of sp³-hybridized carbons (Fsp3) is 0.300. The molecule has 3 amide bonds. The average Bonchev–Trinajstić information content (AvgIpc) is 2.66. The third-order valence-corrected chi connectivity index (χ3v) is 4.06. The van der Waals surface area contributed by atoms with E-state index in [0.29, 0.717) is 23.5 Å². The summed E-state index contributed by atoms with van der Waals surface area (Å²) in [7, 11) is 1.79. The highest BCUT2D eigenvalue weighted by molar-refractivity contribution is 6.05. The summed E-state index contributed by atoms with van der Waals surface area (Å²) < 4.78 is 0. The minimum atomic E-state index is -0.224. The van der Waals surface area contributed by atoms with Crippen molar-refractivity contribution in [1.82, 2.24) is 10.2 Å². The Morgan fingerprint density at radius 1 is 1.08 bits per heavy atom. The molecule has 0 fully saturated rings. The Bertz CT molecular complexity index is 744. The lowest BCUT2D eigenvalue weighted by Crippen LogP contribution is -2.37. The summed E-state index contributed by atoms with van der Waals surface area (Å²) in [5, 5.41) is 5.66. The van der Waals surface area contributed by atoms with Crippen LogP contribution in [-0.2, 0) is 6.54 Å². The molecule has 26 heavy (non-hydrogen) atoms. The van der Waals surface area contributed by atoms with E-state index in [1.165, 1.54) is 0 Å². The third kappa shape index (κ3) is 5.51. The predicted octanol–water partition coefficient (Wildman–Crippen LogP) is 3.46. The van der Waals surface area contributed by atoms with Crippen LogP contribution in [0.25, 0.3) is 0 Å². The van der Waals surface area contributed by atoms with Crippen LogP contribution in [0.15, 0.2) is 48.5 Å². The van der Waals surface area contributed by atoms with E-state index in [1.54, 1.807) is 36.2 Å². The summed E-state index contributed by atoms with van der Waals surface area (Å²) in [6, 6.07) is 14.1. The van der Waals surface area contributed by atoms with Crippen LogP contribution in [0.4, 0.5) is 16.2 Å². The number of nitrogen functional groups attached to an aromatic ring is 1. The van der Waals surface area contributed by atoms with Crippen molar-refractivity contribution < 1.29 is 9.59 Å². The number of nitrogens with one attached hydrogen (secondary N) is 2. The minimum Gasteiger partial charge on any atom is -0.397 e. The van der Waals surface area contributed by atoms with Crippen molar-refractivity contribution in [2.45, 2.75) is 26.3 Å². The molecule has 0 atom stereocenters. The number of para-hydroxylation sites is 2. The molecule has 0 aliphatic heterocycles. The second-order valence-corrected chi connectivity index (χ2v) is 6.17. The molecule has 0 unspecified atom stereocenters. The van der Waals surface area contributed by atoms with Gasteiger partial charge < -0.3 is 21.3 Å². The van der Waals surface area contributed by atoms with Crippen LogP contribution in [0.2, 0.25) is 0 Å². The first-order valence-electron chi connectivity index (χ1n) is 8.75. The van der Waals surface area contributed by atoms with Gasteiger partial charge in [-0.2, -0.15) is 0 Å². The Kier molecular flexibility index (Phi) is 7.02. The Labute approximate surface area is 154 Å². The Morgan fingerprint density at radius 2 is 1.77 bits per heavy atom. The van der Waals surface area contributed by atoms with E-state index in [4.69, 9.17) is 5.73 Å². The zero-order chi connectivity index (χ0) is 18.9. The normalized spacial score (nSPS) is 10.2. The van der Waals surface area contributed by atoms with Crippen molar-refractivity contribution in [3.8, 4) is 0 Å². The topological polar surface area (TPSA) is 87.5 Å². The molecule has 0 bridgehead atoms. The Morgan fingerprint density at radius 3 is 2.42 bits per heavy atom. The number of unbranched alkanes of at least 4 members (excludes halogenated alkanes) is 1. The first-order chi connectivity index (χ1) is 12.5. The highest BCUT2D eigenvalue weighted by Gasteiger charge is 2.09. The summed E-state index contributed by atoms with van der Waals surface area (Å²) in [6.07, 6.45) is 2.04. The van der Waals surface area contributed by atoms with Crippen molar-refractivity contribution >= 4 is 23.3 Å². The summed E-state index contributed by atoms with van der Waals surface area (Å²) in [4.78, 5) is 25.9. The number of rotatable bonds is 7. The lowest BCUT2D eigenvalue weighted by Gasteiger charge is -2.17. The molecule has 2 aromatic carbocycles. The molecule has 2 aromatic rings. The Balaban J connectivity index is 1.88. The van der Waals surface area contributed by atoms with Gasteiger partial charge >= 0.3 is 6.03 Å².